The molecule has 0 fully saturated rings. The van der Waals surface area contributed by atoms with E-state index in [0.29, 0.717) is 17.1 Å². The minimum atomic E-state index is -0.466. The average Bonchev–Trinajstić information content (AvgIpc) is 2.61. The number of carbonyl (C=O) groups is 1. The average molecular weight is 372 g/mol. The van der Waals surface area contributed by atoms with E-state index in [4.69, 9.17) is 9.47 Å². The fourth-order valence-electron chi connectivity index (χ4n) is 2.60. The van der Waals surface area contributed by atoms with Gasteiger partial charge in [0.15, 0.2) is 11.5 Å². The lowest BCUT2D eigenvalue weighted by molar-refractivity contribution is -0.384. The molecule has 1 atom stereocenters. The van der Waals surface area contributed by atoms with E-state index in [2.05, 4.69) is 5.32 Å². The second-order valence-electron chi connectivity index (χ2n) is 6.47. The van der Waals surface area contributed by atoms with Crippen LogP contribution < -0.4 is 14.8 Å². The molecule has 0 aromatic heterocycles. The quantitative estimate of drug-likeness (QED) is 0.562. The number of methoxy groups -OCH3 is 1. The lowest BCUT2D eigenvalue weighted by Gasteiger charge is -2.18. The summed E-state index contributed by atoms with van der Waals surface area (Å²) in [7, 11) is 1.57. The molecule has 0 aliphatic heterocycles. The Morgan fingerprint density at radius 1 is 1.11 bits per heavy atom. The van der Waals surface area contributed by atoms with Crippen LogP contribution in [0.25, 0.3) is 0 Å². The summed E-state index contributed by atoms with van der Waals surface area (Å²) < 4.78 is 11.1. The molecule has 1 N–H and O–H groups in total. The Kier molecular flexibility index (Phi) is 6.76. The molecule has 0 spiro atoms. The normalized spacial score (nSPS) is 11.7. The Hall–Kier alpha value is -3.09. The predicted molar refractivity (Wildman–Crippen MR) is 102 cm³/mol. The largest absolute Gasteiger partial charge is 0.493 e. The molecule has 0 saturated carbocycles. The highest BCUT2D eigenvalue weighted by Crippen LogP contribution is 2.31. The number of nitrogens with one attached hydrogen (secondary N) is 1. The fraction of sp³-hybridized carbons (Fsp3) is 0.350. The fourth-order valence-corrected chi connectivity index (χ4v) is 2.60. The highest BCUT2D eigenvalue weighted by molar-refractivity contribution is 5.79. The Balaban J connectivity index is 2.02. The van der Waals surface area contributed by atoms with Crippen LogP contribution in [0.1, 0.15) is 37.9 Å². The smallest absolute Gasteiger partial charge is 0.269 e. The van der Waals surface area contributed by atoms with Crippen LogP contribution in [0.15, 0.2) is 42.5 Å². The first kappa shape index (κ1) is 20.2. The van der Waals surface area contributed by atoms with E-state index in [1.807, 2.05) is 39.0 Å². The molecule has 144 valence electrons. The Morgan fingerprint density at radius 3 is 2.33 bits per heavy atom. The van der Waals surface area contributed by atoms with Gasteiger partial charge in [0.25, 0.3) is 5.69 Å². The van der Waals surface area contributed by atoms with Crippen molar-refractivity contribution in [3.8, 4) is 11.5 Å². The molecule has 0 radical (unpaired) electrons. The van der Waals surface area contributed by atoms with E-state index in [-0.39, 0.29) is 30.2 Å². The molecule has 0 heterocycles. The van der Waals surface area contributed by atoms with Crippen molar-refractivity contribution in [2.75, 3.05) is 7.11 Å². The van der Waals surface area contributed by atoms with Crippen LogP contribution in [0, 0.1) is 10.1 Å². The van der Waals surface area contributed by atoms with Crippen molar-refractivity contribution in [1.82, 2.24) is 5.32 Å². The van der Waals surface area contributed by atoms with Gasteiger partial charge in [0.05, 0.1) is 30.6 Å². The third kappa shape index (κ3) is 5.70. The van der Waals surface area contributed by atoms with Crippen molar-refractivity contribution >= 4 is 11.6 Å². The molecular formula is C20H24N2O5. The number of rotatable bonds is 8. The molecule has 27 heavy (non-hydrogen) atoms. The second-order valence-corrected chi connectivity index (χ2v) is 6.47. The molecule has 7 nitrogen and oxygen atoms in total. The van der Waals surface area contributed by atoms with Gasteiger partial charge in [-0.3, -0.25) is 14.9 Å². The zero-order valence-electron chi connectivity index (χ0n) is 15.9. The van der Waals surface area contributed by atoms with Gasteiger partial charge in [-0.15, -0.1) is 0 Å². The van der Waals surface area contributed by atoms with Gasteiger partial charge in [0.2, 0.25) is 5.91 Å². The zero-order valence-corrected chi connectivity index (χ0v) is 15.9. The number of hydrogen-bond donors (Lipinski definition) is 1. The van der Waals surface area contributed by atoms with Gasteiger partial charge in [-0.05, 0) is 44.0 Å². The molecular weight excluding hydrogens is 348 g/mol. The number of non-ortho nitro benzene ring substituents is 1. The van der Waals surface area contributed by atoms with E-state index < -0.39 is 4.92 Å². The summed E-state index contributed by atoms with van der Waals surface area (Å²) in [4.78, 5) is 22.5. The van der Waals surface area contributed by atoms with Gasteiger partial charge in [0, 0.05) is 12.1 Å². The van der Waals surface area contributed by atoms with Gasteiger partial charge >= 0.3 is 0 Å². The summed E-state index contributed by atoms with van der Waals surface area (Å²) in [5.74, 6) is 1.09. The second kappa shape index (κ2) is 9.02. The molecule has 0 bridgehead atoms. The number of amides is 1. The molecule has 2 rings (SSSR count). The Labute approximate surface area is 158 Å². The number of ether oxygens (including phenoxy) is 2. The van der Waals surface area contributed by atoms with Gasteiger partial charge in [-0.1, -0.05) is 18.2 Å². The van der Waals surface area contributed by atoms with Crippen LogP contribution in [-0.2, 0) is 11.2 Å². The first-order valence-corrected chi connectivity index (χ1v) is 8.67. The van der Waals surface area contributed by atoms with Crippen molar-refractivity contribution in [3.63, 3.8) is 0 Å². The number of nitrogens with zero attached hydrogens (tertiary/aromatic N) is 1. The van der Waals surface area contributed by atoms with Crippen molar-refractivity contribution in [1.29, 1.82) is 0 Å². The van der Waals surface area contributed by atoms with Crippen LogP contribution in [0.3, 0.4) is 0 Å². The predicted octanol–water partition coefficient (Wildman–Crippen LogP) is 3.81. The third-order valence-electron chi connectivity index (χ3n) is 3.94. The molecule has 0 aliphatic carbocycles. The minimum absolute atomic E-state index is 0.00308. The van der Waals surface area contributed by atoms with E-state index in [1.54, 1.807) is 19.2 Å². The Morgan fingerprint density at radius 2 is 1.78 bits per heavy atom. The highest BCUT2D eigenvalue weighted by atomic mass is 16.6. The van der Waals surface area contributed by atoms with Crippen molar-refractivity contribution in [3.05, 3.63) is 63.7 Å². The number of hydrogen-bond acceptors (Lipinski definition) is 5. The van der Waals surface area contributed by atoms with Crippen LogP contribution >= 0.6 is 0 Å². The van der Waals surface area contributed by atoms with Crippen molar-refractivity contribution in [2.45, 2.75) is 39.3 Å². The monoisotopic (exact) mass is 372 g/mol. The summed E-state index contributed by atoms with van der Waals surface area (Å²) in [6.45, 7) is 5.76. The molecule has 0 saturated heterocycles. The van der Waals surface area contributed by atoms with Crippen LogP contribution in [-0.4, -0.2) is 24.0 Å². The van der Waals surface area contributed by atoms with Crippen LogP contribution in [0.5, 0.6) is 11.5 Å². The van der Waals surface area contributed by atoms with Crippen molar-refractivity contribution < 1.29 is 19.2 Å². The van der Waals surface area contributed by atoms with Gasteiger partial charge < -0.3 is 14.8 Å². The van der Waals surface area contributed by atoms with E-state index in [1.165, 1.54) is 12.1 Å². The maximum Gasteiger partial charge on any atom is 0.269 e. The standard InChI is InChI=1S/C20H24N2O5/c1-13(2)27-18-10-7-16(12-19(18)26-4)14(3)21-20(23)11-15-5-8-17(9-6-15)22(24)25/h5-10,12-14H,11H2,1-4H3,(H,21,23). The number of nitro benzene ring substituents is 1. The highest BCUT2D eigenvalue weighted by Gasteiger charge is 2.14. The first-order valence-electron chi connectivity index (χ1n) is 8.67. The molecule has 0 aliphatic rings. The van der Waals surface area contributed by atoms with Crippen molar-refractivity contribution in [2.24, 2.45) is 0 Å². The zero-order chi connectivity index (χ0) is 20.0. The maximum absolute atomic E-state index is 12.3. The van der Waals surface area contributed by atoms with Gasteiger partial charge in [0.1, 0.15) is 0 Å². The van der Waals surface area contributed by atoms with Crippen LogP contribution in [0.4, 0.5) is 5.69 Å². The van der Waals surface area contributed by atoms with Gasteiger partial charge in [-0.25, -0.2) is 0 Å². The Bertz CT molecular complexity index is 803. The third-order valence-corrected chi connectivity index (χ3v) is 3.94. The molecule has 2 aromatic carbocycles. The van der Waals surface area contributed by atoms with E-state index >= 15 is 0 Å². The first-order chi connectivity index (χ1) is 12.8. The number of benzene rings is 2. The van der Waals surface area contributed by atoms with Crippen LogP contribution in [0.2, 0.25) is 0 Å². The number of nitro groups is 1. The maximum atomic E-state index is 12.3. The summed E-state index contributed by atoms with van der Waals surface area (Å²) in [5, 5.41) is 13.6. The topological polar surface area (TPSA) is 90.7 Å². The molecule has 1 amide bonds. The van der Waals surface area contributed by atoms with Gasteiger partial charge in [-0.2, -0.15) is 0 Å². The minimum Gasteiger partial charge on any atom is -0.493 e. The lowest BCUT2D eigenvalue weighted by Crippen LogP contribution is -2.28. The summed E-state index contributed by atoms with van der Waals surface area (Å²) in [6, 6.07) is 11.3. The number of carbonyl (C=O) groups excluding carboxylic acids is 1. The van der Waals surface area contributed by atoms with E-state index in [9.17, 15) is 14.9 Å². The van der Waals surface area contributed by atoms with E-state index in [0.717, 1.165) is 5.56 Å². The lowest BCUT2D eigenvalue weighted by atomic mass is 10.1. The molecule has 7 heteroatoms. The SMILES string of the molecule is COc1cc(C(C)NC(=O)Cc2ccc([N+](=O)[O-])cc2)ccc1OC(C)C. The summed E-state index contributed by atoms with van der Waals surface area (Å²) in [6.07, 6.45) is 0.178. The molecule has 2 aromatic rings. The molecule has 1 unspecified atom stereocenters. The summed E-state index contributed by atoms with van der Waals surface area (Å²) in [5.41, 5.74) is 1.60. The summed E-state index contributed by atoms with van der Waals surface area (Å²) >= 11 is 0.